The topological polar surface area (TPSA) is 39.2 Å². The summed E-state index contributed by atoms with van der Waals surface area (Å²) in [6.07, 6.45) is 0.107. The first-order valence-corrected chi connectivity index (χ1v) is 6.26. The van der Waals surface area contributed by atoms with Crippen LogP contribution in [0.3, 0.4) is 0 Å². The maximum Gasteiger partial charge on any atom is 0.311 e. The van der Waals surface area contributed by atoms with E-state index in [9.17, 15) is 4.79 Å². The molecule has 0 spiro atoms. The minimum atomic E-state index is -0.317. The van der Waals surface area contributed by atoms with Crippen LogP contribution in [0.1, 0.15) is 12.6 Å². The number of nitrogens with zero attached hydrogens (tertiary/aromatic N) is 1. The SMILES string of the molecule is CCOC(=O)Cc1cc(Cl)c2ccc(Cl)cc2n1. The molecule has 18 heavy (non-hydrogen) atoms. The van der Waals surface area contributed by atoms with Gasteiger partial charge in [0.2, 0.25) is 0 Å². The minimum Gasteiger partial charge on any atom is -0.466 e. The van der Waals surface area contributed by atoms with Crippen molar-refractivity contribution in [2.45, 2.75) is 13.3 Å². The number of hydrogen-bond acceptors (Lipinski definition) is 3. The van der Waals surface area contributed by atoms with E-state index < -0.39 is 0 Å². The normalized spacial score (nSPS) is 10.6. The molecular formula is C13H11Cl2NO2. The second-order valence-corrected chi connectivity index (χ2v) is 4.58. The van der Waals surface area contributed by atoms with Crippen LogP contribution >= 0.6 is 23.2 Å². The zero-order valence-corrected chi connectivity index (χ0v) is 11.3. The molecule has 0 unspecified atom stereocenters. The summed E-state index contributed by atoms with van der Waals surface area (Å²) in [5.41, 5.74) is 1.25. The van der Waals surface area contributed by atoms with E-state index in [1.807, 2.05) is 0 Å². The van der Waals surface area contributed by atoms with Crippen molar-refractivity contribution < 1.29 is 9.53 Å². The number of esters is 1. The van der Waals surface area contributed by atoms with Gasteiger partial charge in [-0.2, -0.15) is 0 Å². The molecule has 3 nitrogen and oxygen atoms in total. The standard InChI is InChI=1S/C13H11Cl2NO2/c1-2-18-13(17)7-9-6-11(15)10-4-3-8(14)5-12(10)16-9/h3-6H,2,7H2,1H3. The van der Waals surface area contributed by atoms with Gasteiger partial charge in [-0.15, -0.1) is 0 Å². The van der Waals surface area contributed by atoms with Gasteiger partial charge in [0, 0.05) is 10.4 Å². The summed E-state index contributed by atoms with van der Waals surface area (Å²) in [4.78, 5) is 15.7. The number of ether oxygens (including phenoxy) is 1. The average Bonchev–Trinajstić information content (AvgIpc) is 2.28. The van der Waals surface area contributed by atoms with Gasteiger partial charge in [0.15, 0.2) is 0 Å². The van der Waals surface area contributed by atoms with Crippen molar-refractivity contribution in [3.05, 3.63) is 40.0 Å². The Morgan fingerprint density at radius 3 is 2.83 bits per heavy atom. The first kappa shape index (κ1) is 13.1. The molecule has 0 fully saturated rings. The quantitative estimate of drug-likeness (QED) is 0.808. The van der Waals surface area contributed by atoms with Crippen molar-refractivity contribution in [2.75, 3.05) is 6.61 Å². The number of carbonyl (C=O) groups excluding carboxylic acids is 1. The van der Waals surface area contributed by atoms with Crippen molar-refractivity contribution in [1.29, 1.82) is 0 Å². The molecule has 0 aliphatic rings. The molecule has 0 saturated carbocycles. The van der Waals surface area contributed by atoms with E-state index in [2.05, 4.69) is 4.98 Å². The van der Waals surface area contributed by atoms with Crippen LogP contribution in [0.2, 0.25) is 10.0 Å². The van der Waals surface area contributed by atoms with E-state index in [1.54, 1.807) is 31.2 Å². The van der Waals surface area contributed by atoms with Crippen molar-refractivity contribution in [2.24, 2.45) is 0 Å². The lowest BCUT2D eigenvalue weighted by Gasteiger charge is -2.05. The van der Waals surface area contributed by atoms with Gasteiger partial charge >= 0.3 is 5.97 Å². The number of rotatable bonds is 3. The smallest absolute Gasteiger partial charge is 0.311 e. The minimum absolute atomic E-state index is 0.107. The largest absolute Gasteiger partial charge is 0.466 e. The third-order valence-electron chi connectivity index (χ3n) is 2.41. The fourth-order valence-electron chi connectivity index (χ4n) is 1.66. The van der Waals surface area contributed by atoms with Gasteiger partial charge in [0.25, 0.3) is 0 Å². The number of aromatic nitrogens is 1. The second kappa shape index (κ2) is 5.55. The molecule has 94 valence electrons. The Morgan fingerprint density at radius 2 is 2.11 bits per heavy atom. The van der Waals surface area contributed by atoms with Crippen molar-refractivity contribution in [1.82, 2.24) is 4.98 Å². The molecule has 0 atom stereocenters. The summed E-state index contributed by atoms with van der Waals surface area (Å²) in [5.74, 6) is -0.317. The zero-order chi connectivity index (χ0) is 13.1. The summed E-state index contributed by atoms with van der Waals surface area (Å²) in [7, 11) is 0. The van der Waals surface area contributed by atoms with Crippen LogP contribution in [0.15, 0.2) is 24.3 Å². The van der Waals surface area contributed by atoms with Gasteiger partial charge in [-0.3, -0.25) is 9.78 Å². The predicted molar refractivity (Wildman–Crippen MR) is 72.1 cm³/mol. The molecule has 0 radical (unpaired) electrons. The summed E-state index contributed by atoms with van der Waals surface area (Å²) < 4.78 is 4.87. The van der Waals surface area contributed by atoms with E-state index in [0.29, 0.717) is 27.9 Å². The van der Waals surface area contributed by atoms with Crippen LogP contribution < -0.4 is 0 Å². The van der Waals surface area contributed by atoms with Gasteiger partial charge in [-0.1, -0.05) is 23.2 Å². The first-order chi connectivity index (χ1) is 8.60. The highest BCUT2D eigenvalue weighted by Gasteiger charge is 2.09. The number of fused-ring (bicyclic) bond motifs is 1. The maximum atomic E-state index is 11.4. The molecule has 1 aromatic carbocycles. The fourth-order valence-corrected chi connectivity index (χ4v) is 2.11. The third kappa shape index (κ3) is 2.92. The molecule has 5 heteroatoms. The van der Waals surface area contributed by atoms with Gasteiger partial charge in [0.1, 0.15) is 0 Å². The lowest BCUT2D eigenvalue weighted by atomic mass is 10.2. The lowest BCUT2D eigenvalue weighted by molar-refractivity contribution is -0.142. The Balaban J connectivity index is 2.38. The van der Waals surface area contributed by atoms with E-state index in [-0.39, 0.29) is 12.4 Å². The highest BCUT2D eigenvalue weighted by Crippen LogP contribution is 2.25. The van der Waals surface area contributed by atoms with Gasteiger partial charge < -0.3 is 4.74 Å². The lowest BCUT2D eigenvalue weighted by Crippen LogP contribution is -2.08. The molecule has 0 amide bonds. The Bertz CT molecular complexity index is 599. The fraction of sp³-hybridized carbons (Fsp3) is 0.231. The van der Waals surface area contributed by atoms with Crippen LogP contribution in [0.25, 0.3) is 10.9 Å². The molecule has 0 aliphatic heterocycles. The van der Waals surface area contributed by atoms with Gasteiger partial charge in [-0.05, 0) is 31.2 Å². The van der Waals surface area contributed by atoms with Crippen LogP contribution in [-0.2, 0) is 16.0 Å². The van der Waals surface area contributed by atoms with E-state index in [1.165, 1.54) is 0 Å². The average molecular weight is 284 g/mol. The van der Waals surface area contributed by atoms with Crippen LogP contribution in [-0.4, -0.2) is 17.6 Å². The molecule has 0 saturated heterocycles. The van der Waals surface area contributed by atoms with Crippen LogP contribution in [0.4, 0.5) is 0 Å². The molecular weight excluding hydrogens is 273 g/mol. The van der Waals surface area contributed by atoms with E-state index in [0.717, 1.165) is 5.39 Å². The second-order valence-electron chi connectivity index (χ2n) is 3.74. The number of hydrogen-bond donors (Lipinski definition) is 0. The number of benzene rings is 1. The number of halogens is 2. The van der Waals surface area contributed by atoms with Crippen LogP contribution in [0.5, 0.6) is 0 Å². The van der Waals surface area contributed by atoms with Crippen molar-refractivity contribution >= 4 is 40.1 Å². The van der Waals surface area contributed by atoms with E-state index in [4.69, 9.17) is 27.9 Å². The van der Waals surface area contributed by atoms with Gasteiger partial charge in [-0.25, -0.2) is 0 Å². The Hall–Kier alpha value is -1.32. The Morgan fingerprint density at radius 1 is 1.33 bits per heavy atom. The predicted octanol–water partition coefficient (Wildman–Crippen LogP) is 3.65. The van der Waals surface area contributed by atoms with Gasteiger partial charge in [0.05, 0.1) is 29.3 Å². The summed E-state index contributed by atoms with van der Waals surface area (Å²) in [5, 5.41) is 1.95. The molecule has 1 heterocycles. The summed E-state index contributed by atoms with van der Waals surface area (Å²) >= 11 is 12.0. The van der Waals surface area contributed by atoms with Crippen molar-refractivity contribution in [3.63, 3.8) is 0 Å². The Kier molecular flexibility index (Phi) is 4.04. The summed E-state index contributed by atoms with van der Waals surface area (Å²) in [6, 6.07) is 6.95. The number of carbonyl (C=O) groups is 1. The molecule has 1 aromatic heterocycles. The maximum absolute atomic E-state index is 11.4. The van der Waals surface area contributed by atoms with E-state index >= 15 is 0 Å². The molecule has 0 bridgehead atoms. The zero-order valence-electron chi connectivity index (χ0n) is 9.74. The number of pyridine rings is 1. The first-order valence-electron chi connectivity index (χ1n) is 5.50. The molecule has 2 aromatic rings. The molecule has 0 N–H and O–H groups in total. The summed E-state index contributed by atoms with van der Waals surface area (Å²) in [6.45, 7) is 2.12. The monoisotopic (exact) mass is 283 g/mol. The Labute approximate surface area is 115 Å². The molecule has 2 rings (SSSR count). The molecule has 0 aliphatic carbocycles. The van der Waals surface area contributed by atoms with Crippen LogP contribution in [0, 0.1) is 0 Å². The highest BCUT2D eigenvalue weighted by molar-refractivity contribution is 6.36. The van der Waals surface area contributed by atoms with Crippen molar-refractivity contribution in [3.8, 4) is 0 Å². The third-order valence-corrected chi connectivity index (χ3v) is 2.95. The highest BCUT2D eigenvalue weighted by atomic mass is 35.5.